The lowest BCUT2D eigenvalue weighted by atomic mass is 10.1. The van der Waals surface area contributed by atoms with Gasteiger partial charge in [0.2, 0.25) is 0 Å². The van der Waals surface area contributed by atoms with Crippen molar-refractivity contribution < 1.29 is 4.74 Å². The second-order valence-corrected chi connectivity index (χ2v) is 4.34. The van der Waals surface area contributed by atoms with Crippen molar-refractivity contribution in [2.24, 2.45) is 5.73 Å². The third-order valence-corrected chi connectivity index (χ3v) is 2.85. The van der Waals surface area contributed by atoms with E-state index in [-0.39, 0.29) is 12.1 Å². The van der Waals surface area contributed by atoms with E-state index >= 15 is 0 Å². The van der Waals surface area contributed by atoms with Crippen molar-refractivity contribution in [2.75, 3.05) is 6.61 Å². The zero-order valence-corrected chi connectivity index (χ0v) is 9.72. The topological polar surface area (TPSA) is 35.2 Å². The molecule has 1 heterocycles. The van der Waals surface area contributed by atoms with Gasteiger partial charge >= 0.3 is 0 Å². The molecule has 0 saturated heterocycles. The Bertz CT molecular complexity index is 233. The fourth-order valence-corrected chi connectivity index (χ4v) is 2.03. The highest BCUT2D eigenvalue weighted by Crippen LogP contribution is 2.22. The van der Waals surface area contributed by atoms with Gasteiger partial charge < -0.3 is 10.5 Å². The monoisotopic (exact) mass is 213 g/mol. The van der Waals surface area contributed by atoms with Crippen molar-refractivity contribution in [3.63, 3.8) is 0 Å². The lowest BCUT2D eigenvalue weighted by Gasteiger charge is -2.20. The van der Waals surface area contributed by atoms with Crippen LogP contribution >= 0.6 is 11.3 Å². The lowest BCUT2D eigenvalue weighted by Crippen LogP contribution is -2.26. The minimum atomic E-state index is 0.0569. The van der Waals surface area contributed by atoms with Crippen molar-refractivity contribution >= 4 is 11.3 Å². The van der Waals surface area contributed by atoms with Crippen LogP contribution in [-0.4, -0.2) is 12.6 Å². The summed E-state index contributed by atoms with van der Waals surface area (Å²) < 4.78 is 5.77. The smallest absolute Gasteiger partial charge is 0.0980 e. The average molecular weight is 213 g/mol. The van der Waals surface area contributed by atoms with Crippen molar-refractivity contribution in [3.8, 4) is 0 Å². The van der Waals surface area contributed by atoms with Crippen LogP contribution in [0, 0.1) is 0 Å². The van der Waals surface area contributed by atoms with Crippen molar-refractivity contribution in [3.05, 3.63) is 22.4 Å². The highest BCUT2D eigenvalue weighted by Gasteiger charge is 2.16. The zero-order chi connectivity index (χ0) is 10.4. The summed E-state index contributed by atoms with van der Waals surface area (Å²) in [6.45, 7) is 4.96. The summed E-state index contributed by atoms with van der Waals surface area (Å²) >= 11 is 1.69. The van der Waals surface area contributed by atoms with E-state index in [2.05, 4.69) is 23.8 Å². The van der Waals surface area contributed by atoms with Crippen molar-refractivity contribution in [2.45, 2.75) is 38.8 Å². The van der Waals surface area contributed by atoms with Gasteiger partial charge in [-0.1, -0.05) is 13.3 Å². The van der Waals surface area contributed by atoms with Gasteiger partial charge in [-0.25, -0.2) is 0 Å². The first-order valence-electron chi connectivity index (χ1n) is 5.15. The van der Waals surface area contributed by atoms with E-state index < -0.39 is 0 Å². The standard InChI is InChI=1S/C11H19NOS/c1-3-4-6-13-11(9(2)12)10-5-7-14-8-10/h5,7-9,11H,3-4,6,12H2,1-2H3. The van der Waals surface area contributed by atoms with Crippen LogP contribution in [0.15, 0.2) is 16.8 Å². The van der Waals surface area contributed by atoms with E-state index in [4.69, 9.17) is 10.5 Å². The Morgan fingerprint density at radius 3 is 2.86 bits per heavy atom. The number of ether oxygens (including phenoxy) is 1. The molecule has 0 radical (unpaired) electrons. The SMILES string of the molecule is CCCCOC(c1ccsc1)C(C)N. The molecule has 0 fully saturated rings. The molecule has 0 aromatic carbocycles. The molecule has 1 aromatic heterocycles. The third kappa shape index (κ3) is 3.40. The Morgan fingerprint density at radius 1 is 1.57 bits per heavy atom. The largest absolute Gasteiger partial charge is 0.372 e. The number of nitrogens with two attached hydrogens (primary N) is 1. The van der Waals surface area contributed by atoms with Crippen LogP contribution in [-0.2, 0) is 4.74 Å². The highest BCUT2D eigenvalue weighted by atomic mass is 32.1. The second kappa shape index (κ2) is 6.17. The zero-order valence-electron chi connectivity index (χ0n) is 8.90. The Hall–Kier alpha value is -0.380. The predicted octanol–water partition coefficient (Wildman–Crippen LogP) is 2.95. The Morgan fingerprint density at radius 2 is 2.36 bits per heavy atom. The van der Waals surface area contributed by atoms with Crippen molar-refractivity contribution in [1.82, 2.24) is 0 Å². The molecule has 14 heavy (non-hydrogen) atoms. The number of hydrogen-bond acceptors (Lipinski definition) is 3. The molecule has 2 N–H and O–H groups in total. The normalized spacial score (nSPS) is 15.4. The van der Waals surface area contributed by atoms with Crippen LogP contribution in [0.3, 0.4) is 0 Å². The number of thiophene rings is 1. The Labute approximate surface area is 90.1 Å². The summed E-state index contributed by atoms with van der Waals surface area (Å²) in [6, 6.07) is 2.14. The minimum absolute atomic E-state index is 0.0569. The number of hydrogen-bond donors (Lipinski definition) is 1. The Kier molecular flexibility index (Phi) is 5.15. The van der Waals surface area contributed by atoms with E-state index in [0.29, 0.717) is 0 Å². The van der Waals surface area contributed by atoms with E-state index in [9.17, 15) is 0 Å². The molecule has 3 heteroatoms. The van der Waals surface area contributed by atoms with Crippen molar-refractivity contribution in [1.29, 1.82) is 0 Å². The number of unbranched alkanes of at least 4 members (excludes halogenated alkanes) is 1. The van der Waals surface area contributed by atoms with Gasteiger partial charge in [-0.05, 0) is 35.7 Å². The summed E-state index contributed by atoms with van der Waals surface area (Å²) in [5, 5.41) is 4.17. The molecule has 0 saturated carbocycles. The molecule has 0 aliphatic carbocycles. The van der Waals surface area contributed by atoms with Gasteiger partial charge in [-0.2, -0.15) is 11.3 Å². The molecule has 2 nitrogen and oxygen atoms in total. The van der Waals surface area contributed by atoms with Gasteiger partial charge in [-0.3, -0.25) is 0 Å². The van der Waals surface area contributed by atoms with Gasteiger partial charge in [0.15, 0.2) is 0 Å². The number of rotatable bonds is 6. The lowest BCUT2D eigenvalue weighted by molar-refractivity contribution is 0.0368. The molecule has 2 unspecified atom stereocenters. The molecule has 0 aliphatic rings. The van der Waals surface area contributed by atoms with Crippen LogP contribution in [0.4, 0.5) is 0 Å². The highest BCUT2D eigenvalue weighted by molar-refractivity contribution is 7.07. The fourth-order valence-electron chi connectivity index (χ4n) is 1.34. The molecule has 0 amide bonds. The molecule has 0 spiro atoms. The third-order valence-electron chi connectivity index (χ3n) is 2.14. The van der Waals surface area contributed by atoms with Crippen LogP contribution in [0.25, 0.3) is 0 Å². The molecule has 80 valence electrons. The summed E-state index contributed by atoms with van der Waals surface area (Å²) in [6.07, 6.45) is 2.33. The first kappa shape index (κ1) is 11.7. The summed E-state index contributed by atoms with van der Waals surface area (Å²) in [5.41, 5.74) is 7.10. The first-order valence-corrected chi connectivity index (χ1v) is 6.09. The van der Waals surface area contributed by atoms with Gasteiger partial charge in [0.05, 0.1) is 6.10 Å². The maximum atomic E-state index is 5.89. The molecule has 1 rings (SSSR count). The maximum absolute atomic E-state index is 5.89. The van der Waals surface area contributed by atoms with Crippen LogP contribution in [0.2, 0.25) is 0 Å². The van der Waals surface area contributed by atoms with Gasteiger partial charge in [0.1, 0.15) is 0 Å². The van der Waals surface area contributed by atoms with Gasteiger partial charge in [-0.15, -0.1) is 0 Å². The minimum Gasteiger partial charge on any atom is -0.372 e. The van der Waals surface area contributed by atoms with Crippen LogP contribution in [0.5, 0.6) is 0 Å². The quantitative estimate of drug-likeness (QED) is 0.737. The second-order valence-electron chi connectivity index (χ2n) is 3.56. The molecule has 1 aromatic rings. The van der Waals surface area contributed by atoms with Gasteiger partial charge in [0, 0.05) is 12.6 Å². The molecule has 0 aliphatic heterocycles. The van der Waals surface area contributed by atoms with E-state index in [0.717, 1.165) is 19.4 Å². The fraction of sp³-hybridized carbons (Fsp3) is 0.636. The van der Waals surface area contributed by atoms with E-state index in [1.54, 1.807) is 11.3 Å². The van der Waals surface area contributed by atoms with Crippen LogP contribution < -0.4 is 5.73 Å². The molecular weight excluding hydrogens is 194 g/mol. The summed E-state index contributed by atoms with van der Waals surface area (Å²) in [4.78, 5) is 0. The molecular formula is C11H19NOS. The predicted molar refractivity (Wildman–Crippen MR) is 61.6 cm³/mol. The van der Waals surface area contributed by atoms with Crippen LogP contribution in [0.1, 0.15) is 38.4 Å². The summed E-state index contributed by atoms with van der Waals surface area (Å²) in [5.74, 6) is 0. The molecule has 0 bridgehead atoms. The average Bonchev–Trinajstić information content (AvgIpc) is 2.64. The molecule has 2 atom stereocenters. The Balaban J connectivity index is 2.48. The first-order chi connectivity index (χ1) is 6.75. The van der Waals surface area contributed by atoms with E-state index in [1.165, 1.54) is 5.56 Å². The maximum Gasteiger partial charge on any atom is 0.0980 e. The van der Waals surface area contributed by atoms with E-state index in [1.807, 2.05) is 6.92 Å². The summed E-state index contributed by atoms with van der Waals surface area (Å²) in [7, 11) is 0. The van der Waals surface area contributed by atoms with Gasteiger partial charge in [0.25, 0.3) is 0 Å².